The molecule has 106 valence electrons. The van der Waals surface area contributed by atoms with Gasteiger partial charge in [0.1, 0.15) is 5.82 Å². The minimum atomic E-state index is -0.399. The first-order chi connectivity index (χ1) is 10.0. The van der Waals surface area contributed by atoms with E-state index in [1.54, 1.807) is 19.9 Å². The monoisotopic (exact) mass is 284 g/mol. The highest BCUT2D eigenvalue weighted by molar-refractivity contribution is 6.34. The van der Waals surface area contributed by atoms with Crippen LogP contribution < -0.4 is 5.32 Å². The zero-order valence-corrected chi connectivity index (χ0v) is 11.6. The summed E-state index contributed by atoms with van der Waals surface area (Å²) >= 11 is 0. The molecule has 4 nitrogen and oxygen atoms in total. The Morgan fingerprint density at radius 3 is 2.67 bits per heavy atom. The highest BCUT2D eigenvalue weighted by Crippen LogP contribution is 2.34. The van der Waals surface area contributed by atoms with Gasteiger partial charge in [-0.15, -0.1) is 0 Å². The highest BCUT2D eigenvalue weighted by Gasteiger charge is 2.25. The largest absolute Gasteiger partial charge is 0.358 e. The lowest BCUT2D eigenvalue weighted by Gasteiger charge is -1.99. The number of anilines is 1. The Kier molecular flexibility index (Phi) is 2.97. The van der Waals surface area contributed by atoms with Crippen LogP contribution in [0.2, 0.25) is 0 Å². The summed E-state index contributed by atoms with van der Waals surface area (Å²) in [5, 5.41) is 2.69. The summed E-state index contributed by atoms with van der Waals surface area (Å²) in [5.74, 6) is -0.681. The third kappa shape index (κ3) is 2.07. The molecule has 2 heterocycles. The van der Waals surface area contributed by atoms with Crippen molar-refractivity contribution in [3.63, 3.8) is 0 Å². The Balaban J connectivity index is 2.15. The number of hydrogen-bond acceptors (Lipinski definition) is 2. The molecule has 0 fully saturated rings. The van der Waals surface area contributed by atoms with E-state index in [0.717, 1.165) is 17.5 Å². The molecule has 1 aromatic heterocycles. The van der Waals surface area contributed by atoms with E-state index < -0.39 is 5.82 Å². The fraction of sp³-hybridized carbons (Fsp3) is 0.125. The van der Waals surface area contributed by atoms with Gasteiger partial charge < -0.3 is 10.3 Å². The number of aldehydes is 1. The fourth-order valence-corrected chi connectivity index (χ4v) is 2.56. The predicted molar refractivity (Wildman–Crippen MR) is 78.6 cm³/mol. The van der Waals surface area contributed by atoms with Crippen molar-refractivity contribution in [3.8, 4) is 0 Å². The third-order valence-electron chi connectivity index (χ3n) is 3.71. The summed E-state index contributed by atoms with van der Waals surface area (Å²) in [6.45, 7) is 3.60. The number of benzene rings is 1. The first kappa shape index (κ1) is 13.3. The first-order valence-electron chi connectivity index (χ1n) is 6.48. The van der Waals surface area contributed by atoms with Gasteiger partial charge in [0.05, 0.1) is 5.57 Å². The number of amides is 1. The van der Waals surface area contributed by atoms with Gasteiger partial charge >= 0.3 is 0 Å². The second-order valence-corrected chi connectivity index (χ2v) is 5.02. The van der Waals surface area contributed by atoms with Gasteiger partial charge in [-0.3, -0.25) is 9.59 Å². The van der Waals surface area contributed by atoms with Crippen molar-refractivity contribution in [2.45, 2.75) is 13.8 Å². The number of aromatic nitrogens is 1. The molecule has 5 heteroatoms. The highest BCUT2D eigenvalue weighted by atomic mass is 19.1. The van der Waals surface area contributed by atoms with Gasteiger partial charge in [-0.25, -0.2) is 4.39 Å². The van der Waals surface area contributed by atoms with Crippen LogP contribution in [0.4, 0.5) is 10.1 Å². The minimum Gasteiger partial charge on any atom is -0.358 e. The molecule has 1 aliphatic heterocycles. The number of H-pyrrole nitrogens is 1. The van der Waals surface area contributed by atoms with Crippen LogP contribution in [-0.4, -0.2) is 17.2 Å². The molecule has 0 saturated heterocycles. The van der Waals surface area contributed by atoms with Crippen LogP contribution in [0.3, 0.4) is 0 Å². The quantitative estimate of drug-likeness (QED) is 0.657. The van der Waals surface area contributed by atoms with Crippen LogP contribution in [0.25, 0.3) is 11.6 Å². The maximum atomic E-state index is 13.4. The van der Waals surface area contributed by atoms with Gasteiger partial charge in [-0.1, -0.05) is 0 Å². The molecule has 3 rings (SSSR count). The number of carbonyl (C=O) groups is 2. The van der Waals surface area contributed by atoms with E-state index in [1.165, 1.54) is 18.2 Å². The third-order valence-corrected chi connectivity index (χ3v) is 3.71. The molecule has 0 atom stereocenters. The van der Waals surface area contributed by atoms with E-state index in [-0.39, 0.29) is 5.91 Å². The van der Waals surface area contributed by atoms with Crippen molar-refractivity contribution in [1.82, 2.24) is 4.98 Å². The van der Waals surface area contributed by atoms with Gasteiger partial charge in [-0.05, 0) is 43.7 Å². The molecule has 0 spiro atoms. The molecule has 2 aromatic rings. The summed E-state index contributed by atoms with van der Waals surface area (Å²) in [6, 6.07) is 4.16. The summed E-state index contributed by atoms with van der Waals surface area (Å²) in [6.07, 6.45) is 2.43. The van der Waals surface area contributed by atoms with Crippen LogP contribution in [-0.2, 0) is 4.79 Å². The average molecular weight is 284 g/mol. The van der Waals surface area contributed by atoms with E-state index in [0.29, 0.717) is 28.1 Å². The smallest absolute Gasteiger partial charge is 0.256 e. The van der Waals surface area contributed by atoms with Gasteiger partial charge in [0, 0.05) is 28.2 Å². The molecule has 0 radical (unpaired) electrons. The van der Waals surface area contributed by atoms with Crippen molar-refractivity contribution < 1.29 is 14.0 Å². The number of halogens is 1. The Bertz CT molecular complexity index is 803. The zero-order valence-electron chi connectivity index (χ0n) is 11.6. The fourth-order valence-electron chi connectivity index (χ4n) is 2.56. The Labute approximate surface area is 120 Å². The molecule has 1 aromatic carbocycles. The number of fused-ring (bicyclic) bond motifs is 1. The van der Waals surface area contributed by atoms with Crippen molar-refractivity contribution in [1.29, 1.82) is 0 Å². The topological polar surface area (TPSA) is 62.0 Å². The normalized spacial score (nSPS) is 15.2. The maximum absolute atomic E-state index is 13.4. The van der Waals surface area contributed by atoms with E-state index in [4.69, 9.17) is 0 Å². The van der Waals surface area contributed by atoms with Crippen molar-refractivity contribution >= 4 is 29.5 Å². The Hall–Kier alpha value is -2.69. The average Bonchev–Trinajstić information content (AvgIpc) is 2.88. The number of carbonyl (C=O) groups excluding carboxylic acids is 2. The van der Waals surface area contributed by atoms with Crippen molar-refractivity contribution in [3.05, 3.63) is 52.1 Å². The Morgan fingerprint density at radius 1 is 1.24 bits per heavy atom. The summed E-state index contributed by atoms with van der Waals surface area (Å²) in [7, 11) is 0. The second kappa shape index (κ2) is 4.70. The van der Waals surface area contributed by atoms with Crippen LogP contribution in [0.15, 0.2) is 18.2 Å². The van der Waals surface area contributed by atoms with Gasteiger partial charge in [0.25, 0.3) is 5.91 Å². The lowest BCUT2D eigenvalue weighted by Crippen LogP contribution is -2.03. The van der Waals surface area contributed by atoms with Crippen LogP contribution >= 0.6 is 0 Å². The molecule has 21 heavy (non-hydrogen) atoms. The van der Waals surface area contributed by atoms with Crippen molar-refractivity contribution in [2.24, 2.45) is 0 Å². The Morgan fingerprint density at radius 2 is 2.00 bits per heavy atom. The number of nitrogens with one attached hydrogen (secondary N) is 2. The molecular weight excluding hydrogens is 271 g/mol. The molecule has 0 saturated carbocycles. The van der Waals surface area contributed by atoms with E-state index in [1.807, 2.05) is 0 Å². The minimum absolute atomic E-state index is 0.282. The molecule has 0 bridgehead atoms. The first-order valence-corrected chi connectivity index (χ1v) is 6.48. The van der Waals surface area contributed by atoms with E-state index in [2.05, 4.69) is 10.3 Å². The number of aromatic amines is 1. The van der Waals surface area contributed by atoms with Gasteiger partial charge in [0.2, 0.25) is 0 Å². The molecule has 2 N–H and O–H groups in total. The van der Waals surface area contributed by atoms with Gasteiger partial charge in [0.15, 0.2) is 6.29 Å². The number of aryl methyl sites for hydroxylation is 1. The van der Waals surface area contributed by atoms with Gasteiger partial charge in [-0.2, -0.15) is 0 Å². The standard InChI is InChI=1S/C16H13FN2O2/c1-8-13(7-20)9(2)18-15(8)6-12-11-5-10(17)3-4-14(11)19-16(12)21/h3-7,18H,1-2H3,(H,19,21). The lowest BCUT2D eigenvalue weighted by molar-refractivity contribution is -0.110. The number of rotatable bonds is 2. The molecule has 0 unspecified atom stereocenters. The van der Waals surface area contributed by atoms with Crippen LogP contribution in [0.5, 0.6) is 0 Å². The second-order valence-electron chi connectivity index (χ2n) is 5.02. The molecule has 0 aliphatic carbocycles. The van der Waals surface area contributed by atoms with E-state index >= 15 is 0 Å². The molecule has 1 aliphatic rings. The van der Waals surface area contributed by atoms with Crippen molar-refractivity contribution in [2.75, 3.05) is 5.32 Å². The summed E-state index contributed by atoms with van der Waals surface area (Å²) in [4.78, 5) is 26.1. The van der Waals surface area contributed by atoms with Crippen LogP contribution in [0, 0.1) is 19.7 Å². The molecular formula is C16H13FN2O2. The maximum Gasteiger partial charge on any atom is 0.256 e. The van der Waals surface area contributed by atoms with Crippen LogP contribution in [0.1, 0.15) is 32.9 Å². The lowest BCUT2D eigenvalue weighted by atomic mass is 10.0. The SMILES string of the molecule is Cc1[nH]c(C=C2C(=O)Nc3ccc(F)cc32)c(C)c1C=O. The predicted octanol–water partition coefficient (Wildman–Crippen LogP) is 3.08. The summed E-state index contributed by atoms with van der Waals surface area (Å²) < 4.78 is 13.4. The number of hydrogen-bond donors (Lipinski definition) is 2. The zero-order chi connectivity index (χ0) is 15.1. The van der Waals surface area contributed by atoms with E-state index in [9.17, 15) is 14.0 Å². The molecule has 1 amide bonds. The summed E-state index contributed by atoms with van der Waals surface area (Å²) in [5.41, 5.74) is 4.27.